The number of nitrogens with one attached hydrogen (secondary N) is 1. The number of aryl methyl sites for hydroxylation is 1. The summed E-state index contributed by atoms with van der Waals surface area (Å²) in [6.07, 6.45) is 3.91. The van der Waals surface area contributed by atoms with Crippen LogP contribution in [-0.2, 0) is 20.1 Å². The summed E-state index contributed by atoms with van der Waals surface area (Å²) in [6.45, 7) is 11.3. The number of hydrogen-bond acceptors (Lipinski definition) is 4. The van der Waals surface area contributed by atoms with Gasteiger partial charge < -0.3 is 19.9 Å². The van der Waals surface area contributed by atoms with Crippen LogP contribution in [-0.4, -0.2) is 57.9 Å². The van der Waals surface area contributed by atoms with Gasteiger partial charge in [0, 0.05) is 38.9 Å². The monoisotopic (exact) mass is 427 g/mol. The molecular weight excluding hydrogens is 390 g/mol. The molecule has 0 saturated carbocycles. The lowest BCUT2D eigenvalue weighted by Crippen LogP contribution is -2.48. The molecule has 2 heterocycles. The van der Waals surface area contributed by atoms with E-state index in [1.165, 1.54) is 0 Å². The van der Waals surface area contributed by atoms with Crippen LogP contribution in [0.3, 0.4) is 0 Å². The summed E-state index contributed by atoms with van der Waals surface area (Å²) in [6, 6.07) is 10.2. The molecule has 1 aromatic heterocycles. The first-order valence-electron chi connectivity index (χ1n) is 11.4. The van der Waals surface area contributed by atoms with Gasteiger partial charge in [0.05, 0.1) is 18.8 Å². The number of hydrogen-bond donors (Lipinski definition) is 1. The molecule has 0 spiro atoms. The quantitative estimate of drug-likeness (QED) is 0.664. The highest BCUT2D eigenvalue weighted by Gasteiger charge is 2.23. The van der Waals surface area contributed by atoms with Gasteiger partial charge in [-0.05, 0) is 49.1 Å². The van der Waals surface area contributed by atoms with E-state index < -0.39 is 0 Å². The minimum atomic E-state index is -0.0271. The van der Waals surface area contributed by atoms with Crippen molar-refractivity contribution in [1.82, 2.24) is 24.9 Å². The number of urea groups is 1. The summed E-state index contributed by atoms with van der Waals surface area (Å²) in [5.74, 6) is 1.35. The van der Waals surface area contributed by atoms with Gasteiger partial charge in [-0.2, -0.15) is 5.10 Å². The fourth-order valence-corrected chi connectivity index (χ4v) is 3.78. The molecule has 0 atom stereocenters. The number of likely N-dealkylation sites (tertiary alicyclic amines) is 1. The lowest BCUT2D eigenvalue weighted by Gasteiger charge is -2.33. The largest absolute Gasteiger partial charge is 0.493 e. The number of rotatable bonds is 9. The number of nitrogens with zero attached hydrogens (tertiary/aromatic N) is 4. The standard InChI is InChI=1S/C24H37N5O2/c1-5-28-14-11-21(12-15-28)25-24(30)29(17-22-10-13-27(4)26-22)16-20-6-8-23(9-7-20)31-18-19(2)3/h6-10,13,19,21H,5,11-12,14-18H2,1-4H3,(H,25,30). The molecule has 1 fully saturated rings. The Bertz CT molecular complexity index is 810. The molecule has 1 N–H and O–H groups in total. The summed E-state index contributed by atoms with van der Waals surface area (Å²) in [4.78, 5) is 17.4. The summed E-state index contributed by atoms with van der Waals surface area (Å²) in [7, 11) is 1.89. The molecule has 2 amide bonds. The van der Waals surface area contributed by atoms with E-state index in [1.54, 1.807) is 4.68 Å². The number of benzene rings is 1. The molecule has 1 saturated heterocycles. The first kappa shape index (κ1) is 23.1. The molecule has 2 aromatic rings. The van der Waals surface area contributed by atoms with Crippen LogP contribution in [0.5, 0.6) is 5.75 Å². The van der Waals surface area contributed by atoms with Gasteiger partial charge in [0.1, 0.15) is 5.75 Å². The second-order valence-corrected chi connectivity index (χ2v) is 8.84. The van der Waals surface area contributed by atoms with Crippen molar-refractivity contribution in [3.8, 4) is 5.75 Å². The van der Waals surface area contributed by atoms with Gasteiger partial charge in [-0.25, -0.2) is 4.79 Å². The van der Waals surface area contributed by atoms with Gasteiger partial charge in [-0.3, -0.25) is 4.68 Å². The Hall–Kier alpha value is -2.54. The molecule has 1 aliphatic heterocycles. The molecule has 170 valence electrons. The van der Waals surface area contributed by atoms with Crippen LogP contribution >= 0.6 is 0 Å². The number of ether oxygens (including phenoxy) is 1. The van der Waals surface area contributed by atoms with Crippen molar-refractivity contribution in [3.63, 3.8) is 0 Å². The maximum absolute atomic E-state index is 13.2. The van der Waals surface area contributed by atoms with E-state index in [0.717, 1.165) is 49.5 Å². The second-order valence-electron chi connectivity index (χ2n) is 8.84. The van der Waals surface area contributed by atoms with Crippen LogP contribution in [0.25, 0.3) is 0 Å². The van der Waals surface area contributed by atoms with E-state index in [0.29, 0.717) is 25.6 Å². The average molecular weight is 428 g/mol. The zero-order chi connectivity index (χ0) is 22.2. The van der Waals surface area contributed by atoms with Gasteiger partial charge in [0.25, 0.3) is 0 Å². The van der Waals surface area contributed by atoms with E-state index in [4.69, 9.17) is 4.74 Å². The normalized spacial score (nSPS) is 15.3. The third-order valence-corrected chi connectivity index (χ3v) is 5.65. The average Bonchev–Trinajstić information content (AvgIpc) is 3.18. The van der Waals surface area contributed by atoms with E-state index >= 15 is 0 Å². The zero-order valence-electron chi connectivity index (χ0n) is 19.4. The molecular formula is C24H37N5O2. The van der Waals surface area contributed by atoms with Crippen LogP contribution in [0.15, 0.2) is 36.5 Å². The Labute approximate surface area is 186 Å². The lowest BCUT2D eigenvalue weighted by molar-refractivity contribution is 0.170. The number of aromatic nitrogens is 2. The number of piperidine rings is 1. The van der Waals surface area contributed by atoms with E-state index in [-0.39, 0.29) is 12.1 Å². The molecule has 7 nitrogen and oxygen atoms in total. The SMILES string of the molecule is CCN1CCC(NC(=O)N(Cc2ccc(OCC(C)C)cc2)Cc2ccn(C)n2)CC1. The number of amides is 2. The lowest BCUT2D eigenvalue weighted by atomic mass is 10.1. The minimum absolute atomic E-state index is 0.0271. The Kier molecular flexibility index (Phi) is 8.35. The van der Waals surface area contributed by atoms with Crippen molar-refractivity contribution >= 4 is 6.03 Å². The topological polar surface area (TPSA) is 62.6 Å². The highest BCUT2D eigenvalue weighted by molar-refractivity contribution is 5.74. The minimum Gasteiger partial charge on any atom is -0.493 e. The second kappa shape index (κ2) is 11.2. The van der Waals surface area contributed by atoms with Crippen molar-refractivity contribution in [3.05, 3.63) is 47.8 Å². The van der Waals surface area contributed by atoms with Gasteiger partial charge >= 0.3 is 6.03 Å². The molecule has 1 aliphatic rings. The summed E-state index contributed by atoms with van der Waals surface area (Å²) in [5.41, 5.74) is 1.96. The predicted molar refractivity (Wildman–Crippen MR) is 123 cm³/mol. The third-order valence-electron chi connectivity index (χ3n) is 5.65. The summed E-state index contributed by atoms with van der Waals surface area (Å²) < 4.78 is 7.55. The van der Waals surface area contributed by atoms with Crippen LogP contribution in [0.1, 0.15) is 44.9 Å². The van der Waals surface area contributed by atoms with Crippen molar-refractivity contribution < 1.29 is 9.53 Å². The Morgan fingerprint density at radius 2 is 1.90 bits per heavy atom. The van der Waals surface area contributed by atoms with E-state index in [2.05, 4.69) is 36.1 Å². The predicted octanol–water partition coefficient (Wildman–Crippen LogP) is 3.65. The van der Waals surface area contributed by atoms with Gasteiger partial charge in [0.15, 0.2) is 0 Å². The Morgan fingerprint density at radius 3 is 2.48 bits per heavy atom. The Balaban J connectivity index is 1.64. The van der Waals surface area contributed by atoms with Crippen LogP contribution in [0.2, 0.25) is 0 Å². The molecule has 1 aromatic carbocycles. The maximum atomic E-state index is 13.2. The van der Waals surface area contributed by atoms with E-state index in [9.17, 15) is 4.79 Å². The molecule has 3 rings (SSSR count). The first-order valence-corrected chi connectivity index (χ1v) is 11.4. The van der Waals surface area contributed by atoms with Crippen LogP contribution < -0.4 is 10.1 Å². The third kappa shape index (κ3) is 7.28. The highest BCUT2D eigenvalue weighted by Crippen LogP contribution is 2.17. The molecule has 0 bridgehead atoms. The van der Waals surface area contributed by atoms with Crippen LogP contribution in [0, 0.1) is 5.92 Å². The van der Waals surface area contributed by atoms with Gasteiger partial charge in [-0.15, -0.1) is 0 Å². The Morgan fingerprint density at radius 1 is 1.19 bits per heavy atom. The van der Waals surface area contributed by atoms with E-state index in [1.807, 2.05) is 48.5 Å². The number of carbonyl (C=O) groups is 1. The van der Waals surface area contributed by atoms with Gasteiger partial charge in [0.2, 0.25) is 0 Å². The number of carbonyl (C=O) groups excluding carboxylic acids is 1. The van der Waals surface area contributed by atoms with Crippen molar-refractivity contribution in [2.24, 2.45) is 13.0 Å². The van der Waals surface area contributed by atoms with Crippen molar-refractivity contribution in [2.75, 3.05) is 26.2 Å². The fraction of sp³-hybridized carbons (Fsp3) is 0.583. The van der Waals surface area contributed by atoms with Crippen molar-refractivity contribution in [1.29, 1.82) is 0 Å². The molecule has 0 radical (unpaired) electrons. The maximum Gasteiger partial charge on any atom is 0.318 e. The molecule has 0 unspecified atom stereocenters. The molecule has 0 aliphatic carbocycles. The highest BCUT2D eigenvalue weighted by atomic mass is 16.5. The first-order chi connectivity index (χ1) is 14.9. The smallest absolute Gasteiger partial charge is 0.318 e. The fourth-order valence-electron chi connectivity index (χ4n) is 3.78. The molecule has 7 heteroatoms. The van der Waals surface area contributed by atoms with Crippen molar-refractivity contribution in [2.45, 2.75) is 52.7 Å². The zero-order valence-corrected chi connectivity index (χ0v) is 19.4. The summed E-state index contributed by atoms with van der Waals surface area (Å²) in [5, 5.41) is 7.72. The summed E-state index contributed by atoms with van der Waals surface area (Å²) >= 11 is 0. The van der Waals surface area contributed by atoms with Gasteiger partial charge in [-0.1, -0.05) is 32.9 Å². The molecule has 31 heavy (non-hydrogen) atoms. The van der Waals surface area contributed by atoms with Crippen LogP contribution in [0.4, 0.5) is 4.79 Å².